The minimum atomic E-state index is -0.265. The van der Waals surface area contributed by atoms with Crippen molar-refractivity contribution >= 4 is 39.2 Å². The topological polar surface area (TPSA) is 76.1 Å². The zero-order valence-corrected chi connectivity index (χ0v) is 14.9. The average molecular weight is 399 g/mol. The van der Waals surface area contributed by atoms with Crippen molar-refractivity contribution in [2.75, 3.05) is 17.7 Å². The first-order valence-electron chi connectivity index (χ1n) is 7.44. The van der Waals surface area contributed by atoms with Crippen LogP contribution in [0.3, 0.4) is 0 Å². The monoisotopic (exact) mass is 398 g/mol. The number of halogens is 1. The van der Waals surface area contributed by atoms with Gasteiger partial charge < -0.3 is 15.4 Å². The Hall–Kier alpha value is -2.93. The van der Waals surface area contributed by atoms with Crippen LogP contribution in [-0.2, 0) is 0 Å². The molecule has 2 N–H and O–H groups in total. The van der Waals surface area contributed by atoms with E-state index in [0.717, 1.165) is 15.9 Å². The summed E-state index contributed by atoms with van der Waals surface area (Å²) in [5, 5.41) is 5.86. The molecule has 0 saturated carbocycles. The molecule has 0 aliphatic heterocycles. The van der Waals surface area contributed by atoms with Gasteiger partial charge in [0.05, 0.1) is 12.7 Å². The molecular formula is C18H15BrN4O2. The molecule has 0 radical (unpaired) electrons. The first kappa shape index (κ1) is 16.9. The lowest BCUT2D eigenvalue weighted by Gasteiger charge is -2.07. The summed E-state index contributed by atoms with van der Waals surface area (Å²) >= 11 is 3.35. The fraction of sp³-hybridized carbons (Fsp3) is 0.0556. The second-order valence-corrected chi connectivity index (χ2v) is 6.03. The maximum atomic E-state index is 12.2. The molecule has 0 unspecified atom stereocenters. The average Bonchev–Trinajstić information content (AvgIpc) is 2.65. The number of hydrogen-bond donors (Lipinski definition) is 2. The molecule has 3 rings (SSSR count). The number of hydrogen-bond acceptors (Lipinski definition) is 5. The van der Waals surface area contributed by atoms with E-state index in [1.807, 2.05) is 48.5 Å². The molecule has 126 valence electrons. The molecular weight excluding hydrogens is 384 g/mol. The van der Waals surface area contributed by atoms with Gasteiger partial charge in [-0.15, -0.1) is 0 Å². The minimum absolute atomic E-state index is 0.265. The predicted molar refractivity (Wildman–Crippen MR) is 100 cm³/mol. The first-order valence-corrected chi connectivity index (χ1v) is 8.23. The Morgan fingerprint density at radius 2 is 1.56 bits per heavy atom. The highest BCUT2D eigenvalue weighted by Crippen LogP contribution is 2.18. The number of ether oxygens (including phenoxy) is 1. The Morgan fingerprint density at radius 3 is 2.16 bits per heavy atom. The molecule has 0 bridgehead atoms. The smallest absolute Gasteiger partial charge is 0.258 e. The van der Waals surface area contributed by atoms with E-state index >= 15 is 0 Å². The van der Waals surface area contributed by atoms with Crippen LogP contribution in [-0.4, -0.2) is 23.0 Å². The van der Waals surface area contributed by atoms with Crippen molar-refractivity contribution in [3.05, 3.63) is 71.0 Å². The van der Waals surface area contributed by atoms with Gasteiger partial charge in [-0.25, -0.2) is 9.97 Å². The lowest BCUT2D eigenvalue weighted by molar-refractivity contribution is 0.102. The van der Waals surface area contributed by atoms with Crippen LogP contribution in [0.5, 0.6) is 5.75 Å². The molecule has 0 spiro atoms. The maximum Gasteiger partial charge on any atom is 0.258 e. The summed E-state index contributed by atoms with van der Waals surface area (Å²) in [5.41, 5.74) is 1.91. The van der Waals surface area contributed by atoms with Gasteiger partial charge in [-0.1, -0.05) is 15.9 Å². The van der Waals surface area contributed by atoms with Gasteiger partial charge in [0.25, 0.3) is 5.91 Å². The number of carbonyl (C=O) groups is 1. The van der Waals surface area contributed by atoms with Crippen molar-refractivity contribution in [3.63, 3.8) is 0 Å². The molecule has 0 fully saturated rings. The van der Waals surface area contributed by atoms with Crippen LogP contribution in [0.2, 0.25) is 0 Å². The van der Waals surface area contributed by atoms with E-state index in [4.69, 9.17) is 4.74 Å². The van der Waals surface area contributed by atoms with E-state index < -0.39 is 0 Å². The molecule has 0 saturated heterocycles. The zero-order valence-electron chi connectivity index (χ0n) is 13.4. The van der Waals surface area contributed by atoms with Crippen LogP contribution in [0.25, 0.3) is 0 Å². The maximum absolute atomic E-state index is 12.2. The van der Waals surface area contributed by atoms with Crippen molar-refractivity contribution in [2.24, 2.45) is 0 Å². The number of benzene rings is 2. The molecule has 0 atom stereocenters. The Bertz CT molecular complexity index is 850. The van der Waals surface area contributed by atoms with Crippen molar-refractivity contribution in [3.8, 4) is 5.75 Å². The van der Waals surface area contributed by atoms with Gasteiger partial charge in [0, 0.05) is 28.2 Å². The summed E-state index contributed by atoms with van der Waals surface area (Å²) in [4.78, 5) is 20.5. The summed E-state index contributed by atoms with van der Waals surface area (Å²) in [6, 6.07) is 14.7. The molecule has 1 heterocycles. The van der Waals surface area contributed by atoms with Gasteiger partial charge in [-0.3, -0.25) is 4.79 Å². The van der Waals surface area contributed by atoms with Crippen LogP contribution >= 0.6 is 15.9 Å². The van der Waals surface area contributed by atoms with Crippen molar-refractivity contribution in [1.82, 2.24) is 9.97 Å². The third-order valence-electron chi connectivity index (χ3n) is 3.36. The molecule has 0 aliphatic carbocycles. The van der Waals surface area contributed by atoms with Crippen LogP contribution in [0, 0.1) is 0 Å². The van der Waals surface area contributed by atoms with E-state index in [9.17, 15) is 4.79 Å². The molecule has 1 amide bonds. The van der Waals surface area contributed by atoms with Gasteiger partial charge in [-0.05, 0) is 48.5 Å². The Kier molecular flexibility index (Phi) is 5.25. The summed E-state index contributed by atoms with van der Waals surface area (Å²) in [6.07, 6.45) is 2.96. The van der Waals surface area contributed by atoms with Crippen LogP contribution in [0.4, 0.5) is 17.3 Å². The predicted octanol–water partition coefficient (Wildman–Crippen LogP) is 4.24. The van der Waals surface area contributed by atoms with E-state index in [1.54, 1.807) is 7.11 Å². The first-order chi connectivity index (χ1) is 12.1. The number of aromatic nitrogens is 2. The van der Waals surface area contributed by atoms with E-state index in [1.165, 1.54) is 12.4 Å². The highest BCUT2D eigenvalue weighted by atomic mass is 79.9. The van der Waals surface area contributed by atoms with E-state index in [0.29, 0.717) is 17.2 Å². The molecule has 0 aliphatic rings. The number of nitrogens with one attached hydrogen (secondary N) is 2. The molecule has 2 aromatic carbocycles. The number of methoxy groups -OCH3 is 1. The normalized spacial score (nSPS) is 10.2. The molecule has 1 aromatic heterocycles. The lowest BCUT2D eigenvalue weighted by Crippen LogP contribution is -2.13. The zero-order chi connectivity index (χ0) is 17.6. The molecule has 7 heteroatoms. The lowest BCUT2D eigenvalue weighted by atomic mass is 10.3. The highest BCUT2D eigenvalue weighted by Gasteiger charge is 2.08. The number of carbonyl (C=O) groups excluding carboxylic acids is 1. The second-order valence-electron chi connectivity index (χ2n) is 5.11. The van der Waals surface area contributed by atoms with Crippen LogP contribution in [0.15, 0.2) is 65.4 Å². The molecule has 6 nitrogen and oxygen atoms in total. The van der Waals surface area contributed by atoms with Crippen molar-refractivity contribution in [2.45, 2.75) is 0 Å². The number of amides is 1. The summed E-state index contributed by atoms with van der Waals surface area (Å²) in [7, 11) is 1.61. The number of rotatable bonds is 5. The third kappa shape index (κ3) is 4.54. The van der Waals surface area contributed by atoms with Gasteiger partial charge in [0.2, 0.25) is 5.95 Å². The van der Waals surface area contributed by atoms with Crippen LogP contribution < -0.4 is 15.4 Å². The second kappa shape index (κ2) is 7.76. The quantitative estimate of drug-likeness (QED) is 0.671. The third-order valence-corrected chi connectivity index (χ3v) is 3.89. The van der Waals surface area contributed by atoms with E-state index in [-0.39, 0.29) is 5.91 Å². The Labute approximate surface area is 153 Å². The highest BCUT2D eigenvalue weighted by molar-refractivity contribution is 9.10. The van der Waals surface area contributed by atoms with Crippen LogP contribution in [0.1, 0.15) is 10.4 Å². The summed E-state index contributed by atoms with van der Waals surface area (Å²) in [6.45, 7) is 0. The SMILES string of the molecule is COc1ccc(Nc2ncc(C(=O)Nc3ccc(Br)cc3)cn2)cc1. The standard InChI is InChI=1S/C18H15BrN4O2/c1-25-16-8-6-15(7-9-16)23-18-20-10-12(11-21-18)17(24)22-14-4-2-13(19)3-5-14/h2-11H,1H3,(H,22,24)(H,20,21,23). The fourth-order valence-corrected chi connectivity index (χ4v) is 2.31. The summed E-state index contributed by atoms with van der Waals surface area (Å²) in [5.74, 6) is 0.912. The van der Waals surface area contributed by atoms with Crippen molar-refractivity contribution < 1.29 is 9.53 Å². The summed E-state index contributed by atoms with van der Waals surface area (Å²) < 4.78 is 6.06. The Balaban J connectivity index is 1.64. The van der Waals surface area contributed by atoms with Gasteiger partial charge in [-0.2, -0.15) is 0 Å². The number of anilines is 3. The van der Waals surface area contributed by atoms with Crippen molar-refractivity contribution in [1.29, 1.82) is 0 Å². The van der Waals surface area contributed by atoms with Gasteiger partial charge >= 0.3 is 0 Å². The number of nitrogens with zero attached hydrogens (tertiary/aromatic N) is 2. The molecule has 25 heavy (non-hydrogen) atoms. The van der Waals surface area contributed by atoms with E-state index in [2.05, 4.69) is 36.5 Å². The van der Waals surface area contributed by atoms with Gasteiger partial charge in [0.15, 0.2) is 0 Å². The van der Waals surface area contributed by atoms with Gasteiger partial charge in [0.1, 0.15) is 5.75 Å². The fourth-order valence-electron chi connectivity index (χ4n) is 2.05. The minimum Gasteiger partial charge on any atom is -0.497 e. The molecule has 3 aromatic rings. The Morgan fingerprint density at radius 1 is 0.960 bits per heavy atom. The largest absolute Gasteiger partial charge is 0.497 e.